The lowest BCUT2D eigenvalue weighted by Gasteiger charge is -2.29. The van der Waals surface area contributed by atoms with Crippen LogP contribution in [0.2, 0.25) is 5.02 Å². The summed E-state index contributed by atoms with van der Waals surface area (Å²) in [6, 6.07) is 22.9. The number of halogens is 1. The lowest BCUT2D eigenvalue weighted by Crippen LogP contribution is -2.28. The van der Waals surface area contributed by atoms with Crippen molar-refractivity contribution in [3.63, 3.8) is 0 Å². The number of carbonyl (C=O) groups excluding carboxylic acids is 1. The second-order valence-electron chi connectivity index (χ2n) is 9.56. The summed E-state index contributed by atoms with van der Waals surface area (Å²) in [6.07, 6.45) is 6.16. The van der Waals surface area contributed by atoms with Crippen LogP contribution in [-0.2, 0) is 29.0 Å². The molecule has 1 saturated carbocycles. The van der Waals surface area contributed by atoms with E-state index in [0.717, 1.165) is 54.9 Å². The topological polar surface area (TPSA) is 47.6 Å². The summed E-state index contributed by atoms with van der Waals surface area (Å²) in [5, 5.41) is 3.66. The Morgan fingerprint density at radius 1 is 0.944 bits per heavy atom. The summed E-state index contributed by atoms with van der Waals surface area (Å²) >= 11 is 6.09. The van der Waals surface area contributed by atoms with Crippen LogP contribution in [0.15, 0.2) is 66.7 Å². The third kappa shape index (κ3) is 7.59. The molecule has 0 aliphatic heterocycles. The maximum absolute atomic E-state index is 11.4. The van der Waals surface area contributed by atoms with E-state index in [-0.39, 0.29) is 18.1 Å². The van der Waals surface area contributed by atoms with Gasteiger partial charge in [0.05, 0.1) is 18.8 Å². The number of hydrogen-bond acceptors (Lipinski definition) is 3. The number of rotatable bonds is 10. The van der Waals surface area contributed by atoms with Gasteiger partial charge in [-0.25, -0.2) is 0 Å². The van der Waals surface area contributed by atoms with E-state index in [2.05, 4.69) is 54.7 Å². The van der Waals surface area contributed by atoms with E-state index in [9.17, 15) is 4.79 Å². The Balaban J connectivity index is 1.39. The molecule has 0 bridgehead atoms. The first-order valence-electron chi connectivity index (χ1n) is 13.0. The molecule has 1 amide bonds. The van der Waals surface area contributed by atoms with Gasteiger partial charge in [0.25, 0.3) is 0 Å². The minimum Gasteiger partial charge on any atom is -0.490 e. The molecule has 4 rings (SSSR count). The average Bonchev–Trinajstić information content (AvgIpc) is 2.89. The molecule has 0 atom stereocenters. The molecule has 1 N–H and O–H groups in total. The molecule has 0 spiro atoms. The predicted octanol–water partition coefficient (Wildman–Crippen LogP) is 7.15. The number of hydrogen-bond donors (Lipinski definition) is 1. The largest absolute Gasteiger partial charge is 0.490 e. The lowest BCUT2D eigenvalue weighted by atomic mass is 9.94. The van der Waals surface area contributed by atoms with Crippen LogP contribution in [0.4, 0.5) is 0 Å². The van der Waals surface area contributed by atoms with Crippen molar-refractivity contribution in [2.24, 2.45) is 0 Å². The Hall–Kier alpha value is -2.82. The number of ether oxygens (including phenoxy) is 2. The van der Waals surface area contributed by atoms with Crippen molar-refractivity contribution in [2.45, 2.75) is 71.2 Å². The lowest BCUT2D eigenvalue weighted by molar-refractivity contribution is -0.118. The summed E-state index contributed by atoms with van der Waals surface area (Å²) in [6.45, 7) is 4.94. The van der Waals surface area contributed by atoms with Crippen molar-refractivity contribution >= 4 is 17.5 Å². The molecule has 0 radical (unpaired) electrons. The molecule has 4 nitrogen and oxygen atoms in total. The smallest absolute Gasteiger partial charge is 0.216 e. The second kappa shape index (κ2) is 12.9. The van der Waals surface area contributed by atoms with E-state index in [1.54, 1.807) is 6.92 Å². The molecule has 36 heavy (non-hydrogen) atoms. The highest BCUT2D eigenvalue weighted by atomic mass is 35.5. The Labute approximate surface area is 220 Å². The fraction of sp³-hybridized carbons (Fsp3) is 0.387. The average molecular weight is 506 g/mol. The van der Waals surface area contributed by atoms with Crippen molar-refractivity contribution in [2.75, 3.05) is 6.54 Å². The van der Waals surface area contributed by atoms with Gasteiger partial charge in [-0.05, 0) is 90.6 Å². The fourth-order valence-corrected chi connectivity index (χ4v) is 5.01. The molecule has 5 heteroatoms. The first-order chi connectivity index (χ1) is 17.5. The summed E-state index contributed by atoms with van der Waals surface area (Å²) in [5.41, 5.74) is 5.99. The Bertz CT molecular complexity index is 1150. The SMILES string of the molecule is CCc1cccc(-c2cc(OC3CCC(OCc4cccc(Cl)c4)CC3)ccc2CCNC(C)=O)c1. The minimum atomic E-state index is -0.00312. The zero-order valence-electron chi connectivity index (χ0n) is 21.3. The second-order valence-corrected chi connectivity index (χ2v) is 10.00. The van der Waals surface area contributed by atoms with Crippen LogP contribution < -0.4 is 10.1 Å². The summed E-state index contributed by atoms with van der Waals surface area (Å²) in [4.78, 5) is 11.4. The third-order valence-electron chi connectivity index (χ3n) is 6.79. The van der Waals surface area contributed by atoms with Crippen molar-refractivity contribution < 1.29 is 14.3 Å². The maximum Gasteiger partial charge on any atom is 0.216 e. The van der Waals surface area contributed by atoms with Crippen LogP contribution in [0.5, 0.6) is 5.75 Å². The van der Waals surface area contributed by atoms with Crippen LogP contribution in [0, 0.1) is 0 Å². The monoisotopic (exact) mass is 505 g/mol. The van der Waals surface area contributed by atoms with Gasteiger partial charge >= 0.3 is 0 Å². The minimum absolute atomic E-state index is 0.00312. The quantitative estimate of drug-likeness (QED) is 0.318. The van der Waals surface area contributed by atoms with Crippen molar-refractivity contribution in [3.05, 3.63) is 88.4 Å². The molecular weight excluding hydrogens is 470 g/mol. The Morgan fingerprint density at radius 3 is 2.44 bits per heavy atom. The molecule has 3 aromatic rings. The third-order valence-corrected chi connectivity index (χ3v) is 7.03. The first kappa shape index (κ1) is 26.2. The van der Waals surface area contributed by atoms with Crippen LogP contribution in [0.1, 0.15) is 56.2 Å². The van der Waals surface area contributed by atoms with Gasteiger partial charge in [-0.2, -0.15) is 0 Å². The highest BCUT2D eigenvalue weighted by molar-refractivity contribution is 6.30. The van der Waals surface area contributed by atoms with Gasteiger partial charge in [0.2, 0.25) is 5.91 Å². The van der Waals surface area contributed by atoms with Crippen LogP contribution >= 0.6 is 11.6 Å². The number of benzene rings is 3. The number of aryl methyl sites for hydroxylation is 1. The molecule has 0 saturated heterocycles. The summed E-state index contributed by atoms with van der Waals surface area (Å²) < 4.78 is 12.6. The van der Waals surface area contributed by atoms with Gasteiger partial charge in [0.1, 0.15) is 5.75 Å². The number of amides is 1. The molecule has 1 aliphatic carbocycles. The van der Waals surface area contributed by atoms with Gasteiger partial charge in [-0.15, -0.1) is 0 Å². The standard InChI is InChI=1S/C31H36ClNO3/c1-3-23-6-4-8-26(18-23)31-20-30(11-10-25(31)16-17-33-22(2)34)36-29-14-12-28(13-15-29)35-21-24-7-5-9-27(32)19-24/h4-11,18-20,28-29H,3,12-17,21H2,1-2H3,(H,33,34). The van der Waals surface area contributed by atoms with E-state index < -0.39 is 0 Å². The summed E-state index contributed by atoms with van der Waals surface area (Å²) in [7, 11) is 0. The zero-order valence-corrected chi connectivity index (χ0v) is 22.0. The predicted molar refractivity (Wildman–Crippen MR) is 147 cm³/mol. The van der Waals surface area contributed by atoms with Gasteiger partial charge in [0.15, 0.2) is 0 Å². The van der Waals surface area contributed by atoms with Gasteiger partial charge in [-0.3, -0.25) is 4.79 Å². The molecule has 3 aromatic carbocycles. The van der Waals surface area contributed by atoms with E-state index in [4.69, 9.17) is 21.1 Å². The van der Waals surface area contributed by atoms with Crippen LogP contribution in [0.25, 0.3) is 11.1 Å². The van der Waals surface area contributed by atoms with Gasteiger partial charge < -0.3 is 14.8 Å². The van der Waals surface area contributed by atoms with E-state index in [1.165, 1.54) is 22.3 Å². The van der Waals surface area contributed by atoms with Crippen molar-refractivity contribution in [1.82, 2.24) is 5.32 Å². The Kier molecular flexibility index (Phi) is 9.43. The van der Waals surface area contributed by atoms with Crippen molar-refractivity contribution in [3.8, 4) is 16.9 Å². The van der Waals surface area contributed by atoms with Gasteiger partial charge in [0, 0.05) is 18.5 Å². The highest BCUT2D eigenvalue weighted by Crippen LogP contribution is 2.32. The molecule has 1 aliphatic rings. The zero-order chi connectivity index (χ0) is 25.3. The maximum atomic E-state index is 11.4. The fourth-order valence-electron chi connectivity index (χ4n) is 4.80. The molecule has 190 valence electrons. The van der Waals surface area contributed by atoms with E-state index >= 15 is 0 Å². The van der Waals surface area contributed by atoms with E-state index in [0.29, 0.717) is 13.2 Å². The first-order valence-corrected chi connectivity index (χ1v) is 13.4. The Morgan fingerprint density at radius 2 is 1.69 bits per heavy atom. The number of nitrogens with one attached hydrogen (secondary N) is 1. The normalized spacial score (nSPS) is 17.5. The highest BCUT2D eigenvalue weighted by Gasteiger charge is 2.23. The van der Waals surface area contributed by atoms with Crippen molar-refractivity contribution in [1.29, 1.82) is 0 Å². The molecular formula is C31H36ClNO3. The van der Waals surface area contributed by atoms with Crippen LogP contribution in [0.3, 0.4) is 0 Å². The van der Waals surface area contributed by atoms with Crippen LogP contribution in [-0.4, -0.2) is 24.7 Å². The molecule has 0 heterocycles. The summed E-state index contributed by atoms with van der Waals surface area (Å²) in [5.74, 6) is 0.898. The molecule has 0 unspecified atom stereocenters. The molecule has 0 aromatic heterocycles. The van der Waals surface area contributed by atoms with Gasteiger partial charge in [-0.1, -0.05) is 61.0 Å². The van der Waals surface area contributed by atoms with E-state index in [1.807, 2.05) is 24.3 Å². The molecule has 1 fully saturated rings. The number of carbonyl (C=O) groups is 1.